The average molecular weight is 340 g/mol. The molecule has 0 amide bonds. The number of thioether (sulfide) groups is 1. The number of aromatic nitrogens is 2. The van der Waals surface area contributed by atoms with Crippen LogP contribution in [0, 0.1) is 13.8 Å². The summed E-state index contributed by atoms with van der Waals surface area (Å²) in [5.41, 5.74) is 0.963. The molecule has 0 saturated heterocycles. The third kappa shape index (κ3) is 3.35. The first-order valence-corrected chi connectivity index (χ1v) is 8.98. The molecule has 0 radical (unpaired) electrons. The summed E-state index contributed by atoms with van der Waals surface area (Å²) in [5, 5.41) is 1.26. The van der Waals surface area contributed by atoms with Crippen molar-refractivity contribution in [2.45, 2.75) is 52.4 Å². The third-order valence-electron chi connectivity index (χ3n) is 3.26. The first-order valence-electron chi connectivity index (χ1n) is 7.18. The van der Waals surface area contributed by atoms with E-state index in [4.69, 9.17) is 4.74 Å². The molecule has 2 heterocycles. The minimum atomic E-state index is -0.296. The number of hydrogen-bond acceptors (Lipinski definition) is 6. The molecule has 0 fully saturated rings. The molecule has 2 aromatic heterocycles. The van der Waals surface area contributed by atoms with Crippen LogP contribution in [-0.2, 0) is 16.1 Å². The van der Waals surface area contributed by atoms with Crippen LogP contribution in [0.3, 0.4) is 0 Å². The Kier molecular flexibility index (Phi) is 5.28. The van der Waals surface area contributed by atoms with Gasteiger partial charge in [-0.15, -0.1) is 11.3 Å². The van der Waals surface area contributed by atoms with Gasteiger partial charge in [0, 0.05) is 11.4 Å². The fraction of sp³-hybridized carbons (Fsp3) is 0.533. The Hall–Kier alpha value is -1.34. The maximum atomic E-state index is 12.6. The summed E-state index contributed by atoms with van der Waals surface area (Å²) in [7, 11) is 0. The molecule has 0 saturated carbocycles. The van der Waals surface area contributed by atoms with Gasteiger partial charge in [-0.3, -0.25) is 14.2 Å². The SMILES string of the molecule is CCn1c(SCC(=O)OC(C)C)nc2sc(C)c(C)c2c1=O. The number of thiophene rings is 1. The van der Waals surface area contributed by atoms with Crippen LogP contribution >= 0.6 is 23.1 Å². The number of carbonyl (C=O) groups excluding carboxylic acids is 1. The van der Waals surface area contributed by atoms with Crippen LogP contribution in [-0.4, -0.2) is 27.4 Å². The third-order valence-corrected chi connectivity index (χ3v) is 5.31. The van der Waals surface area contributed by atoms with Crippen molar-refractivity contribution in [1.29, 1.82) is 0 Å². The van der Waals surface area contributed by atoms with Crippen LogP contribution in [0.2, 0.25) is 0 Å². The largest absolute Gasteiger partial charge is 0.462 e. The highest BCUT2D eigenvalue weighted by Crippen LogP contribution is 2.28. The molecule has 0 aromatic carbocycles. The first kappa shape index (κ1) is 17.0. The fourth-order valence-corrected chi connectivity index (χ4v) is 4.03. The zero-order valence-corrected chi connectivity index (χ0v) is 15.1. The minimum absolute atomic E-state index is 0.0333. The zero-order chi connectivity index (χ0) is 16.4. The van der Waals surface area contributed by atoms with E-state index in [1.54, 1.807) is 4.57 Å². The molecule has 0 aliphatic rings. The van der Waals surface area contributed by atoms with Crippen molar-refractivity contribution < 1.29 is 9.53 Å². The summed E-state index contributed by atoms with van der Waals surface area (Å²) in [6.45, 7) is 9.99. The van der Waals surface area contributed by atoms with Gasteiger partial charge in [-0.1, -0.05) is 11.8 Å². The van der Waals surface area contributed by atoms with Crippen molar-refractivity contribution in [3.8, 4) is 0 Å². The van der Waals surface area contributed by atoms with Gasteiger partial charge < -0.3 is 4.74 Å². The smallest absolute Gasteiger partial charge is 0.316 e. The van der Waals surface area contributed by atoms with E-state index in [1.807, 2.05) is 34.6 Å². The highest BCUT2D eigenvalue weighted by Gasteiger charge is 2.17. The number of rotatable bonds is 5. The van der Waals surface area contributed by atoms with E-state index in [-0.39, 0.29) is 23.4 Å². The van der Waals surface area contributed by atoms with Crippen LogP contribution in [0.15, 0.2) is 9.95 Å². The Morgan fingerprint density at radius 3 is 2.68 bits per heavy atom. The number of esters is 1. The summed E-state index contributed by atoms with van der Waals surface area (Å²) < 4.78 is 6.73. The highest BCUT2D eigenvalue weighted by atomic mass is 32.2. The van der Waals surface area contributed by atoms with Gasteiger partial charge in [-0.2, -0.15) is 0 Å². The minimum Gasteiger partial charge on any atom is -0.462 e. The Morgan fingerprint density at radius 2 is 2.09 bits per heavy atom. The van der Waals surface area contributed by atoms with Crippen LogP contribution in [0.4, 0.5) is 0 Å². The molecule has 0 spiro atoms. The molecule has 5 nitrogen and oxygen atoms in total. The second-order valence-corrected chi connectivity index (χ2v) is 7.38. The molecule has 7 heteroatoms. The zero-order valence-electron chi connectivity index (χ0n) is 13.4. The lowest BCUT2D eigenvalue weighted by molar-refractivity contribution is -0.144. The molecule has 120 valence electrons. The number of carbonyl (C=O) groups is 1. The molecule has 22 heavy (non-hydrogen) atoms. The summed E-state index contributed by atoms with van der Waals surface area (Å²) in [4.78, 5) is 30.7. The standard InChI is InChI=1S/C15H20N2O3S2/c1-6-17-14(19)12-9(4)10(5)22-13(12)16-15(17)21-7-11(18)20-8(2)3/h8H,6-7H2,1-5H3. The average Bonchev–Trinajstić information content (AvgIpc) is 2.71. The van der Waals surface area contributed by atoms with Crippen molar-refractivity contribution in [1.82, 2.24) is 9.55 Å². The maximum Gasteiger partial charge on any atom is 0.316 e. The molecule has 2 aromatic rings. The van der Waals surface area contributed by atoms with Crippen molar-refractivity contribution in [2.24, 2.45) is 0 Å². The summed E-state index contributed by atoms with van der Waals surface area (Å²) in [6, 6.07) is 0. The van der Waals surface area contributed by atoms with Gasteiger partial charge in [0.15, 0.2) is 5.16 Å². The van der Waals surface area contributed by atoms with E-state index < -0.39 is 0 Å². The lowest BCUT2D eigenvalue weighted by Crippen LogP contribution is -2.23. The second-order valence-electron chi connectivity index (χ2n) is 5.23. The Bertz CT molecular complexity index is 762. The van der Waals surface area contributed by atoms with Crippen molar-refractivity contribution >= 4 is 39.3 Å². The van der Waals surface area contributed by atoms with Gasteiger partial charge in [0.25, 0.3) is 5.56 Å². The molecular weight excluding hydrogens is 320 g/mol. The highest BCUT2D eigenvalue weighted by molar-refractivity contribution is 7.99. The van der Waals surface area contributed by atoms with E-state index in [2.05, 4.69) is 4.98 Å². The van der Waals surface area contributed by atoms with E-state index in [0.29, 0.717) is 17.1 Å². The number of aryl methyl sites for hydroxylation is 2. The molecule has 0 bridgehead atoms. The van der Waals surface area contributed by atoms with Gasteiger partial charge in [0.05, 0.1) is 17.2 Å². The van der Waals surface area contributed by atoms with Gasteiger partial charge in [0.2, 0.25) is 0 Å². The maximum absolute atomic E-state index is 12.6. The normalized spacial score (nSPS) is 11.4. The Labute approximate surface area is 137 Å². The van der Waals surface area contributed by atoms with Crippen molar-refractivity contribution in [3.05, 3.63) is 20.8 Å². The predicted molar refractivity (Wildman–Crippen MR) is 91.0 cm³/mol. The fourth-order valence-electron chi connectivity index (χ4n) is 2.12. The van der Waals surface area contributed by atoms with Gasteiger partial charge >= 0.3 is 5.97 Å². The van der Waals surface area contributed by atoms with Crippen LogP contribution in [0.5, 0.6) is 0 Å². The summed E-state index contributed by atoms with van der Waals surface area (Å²) >= 11 is 2.77. The van der Waals surface area contributed by atoms with E-state index >= 15 is 0 Å². The Morgan fingerprint density at radius 1 is 1.41 bits per heavy atom. The predicted octanol–water partition coefficient (Wildman–Crippen LogP) is 3.14. The molecule has 0 aliphatic carbocycles. The van der Waals surface area contributed by atoms with Crippen LogP contribution < -0.4 is 5.56 Å². The number of hydrogen-bond donors (Lipinski definition) is 0. The summed E-state index contributed by atoms with van der Waals surface area (Å²) in [5.74, 6) is -0.144. The topological polar surface area (TPSA) is 61.2 Å². The number of fused-ring (bicyclic) bond motifs is 1. The first-order chi connectivity index (χ1) is 10.3. The monoisotopic (exact) mass is 340 g/mol. The second kappa shape index (κ2) is 6.83. The summed E-state index contributed by atoms with van der Waals surface area (Å²) in [6.07, 6.45) is -0.139. The molecule has 2 rings (SSSR count). The van der Waals surface area contributed by atoms with Gasteiger partial charge in [0.1, 0.15) is 4.83 Å². The number of ether oxygens (including phenoxy) is 1. The van der Waals surface area contributed by atoms with Crippen LogP contribution in [0.25, 0.3) is 10.2 Å². The van der Waals surface area contributed by atoms with E-state index in [0.717, 1.165) is 15.3 Å². The molecule has 0 unspecified atom stereocenters. The molecule has 0 N–H and O–H groups in total. The van der Waals surface area contributed by atoms with E-state index in [1.165, 1.54) is 23.1 Å². The Balaban J connectivity index is 2.37. The molecule has 0 aliphatic heterocycles. The van der Waals surface area contributed by atoms with Crippen molar-refractivity contribution in [3.63, 3.8) is 0 Å². The van der Waals surface area contributed by atoms with Crippen molar-refractivity contribution in [2.75, 3.05) is 5.75 Å². The molecule has 0 atom stereocenters. The van der Waals surface area contributed by atoms with E-state index in [9.17, 15) is 9.59 Å². The molecular formula is C15H20N2O3S2. The number of nitrogens with zero attached hydrogens (tertiary/aromatic N) is 2. The quantitative estimate of drug-likeness (QED) is 0.475. The lowest BCUT2D eigenvalue weighted by atomic mass is 10.2. The van der Waals surface area contributed by atoms with Crippen LogP contribution in [0.1, 0.15) is 31.2 Å². The lowest BCUT2D eigenvalue weighted by Gasteiger charge is -2.11. The van der Waals surface area contributed by atoms with Gasteiger partial charge in [-0.25, -0.2) is 4.98 Å². The van der Waals surface area contributed by atoms with Gasteiger partial charge in [-0.05, 0) is 40.2 Å².